The Bertz CT molecular complexity index is 509. The Labute approximate surface area is 115 Å². The molecule has 1 saturated carbocycles. The molecule has 19 heavy (non-hydrogen) atoms. The quantitative estimate of drug-likeness (QED) is 0.830. The van der Waals surface area contributed by atoms with Gasteiger partial charge in [0.05, 0.1) is 0 Å². The highest BCUT2D eigenvalue weighted by Crippen LogP contribution is 2.31. The molecule has 0 bridgehead atoms. The Morgan fingerprint density at radius 3 is 2.58 bits per heavy atom. The van der Waals surface area contributed by atoms with Gasteiger partial charge in [0.25, 0.3) is 0 Å². The van der Waals surface area contributed by atoms with Crippen LogP contribution in [-0.2, 0) is 10.0 Å². The van der Waals surface area contributed by atoms with E-state index in [0.29, 0.717) is 24.8 Å². The van der Waals surface area contributed by atoms with Crippen molar-refractivity contribution in [2.24, 2.45) is 5.92 Å². The van der Waals surface area contributed by atoms with Crippen LogP contribution in [-0.4, -0.2) is 37.3 Å². The monoisotopic (exact) mass is 283 g/mol. The number of aromatic nitrogens is 1. The molecule has 1 aromatic rings. The zero-order valence-electron chi connectivity index (χ0n) is 11.5. The molecule has 1 N–H and O–H groups in total. The largest absolute Gasteiger partial charge is 0.370 e. The van der Waals surface area contributed by atoms with E-state index in [4.69, 9.17) is 0 Å². The lowest BCUT2D eigenvalue weighted by Crippen LogP contribution is -2.32. The average molecular weight is 283 g/mol. The average Bonchev–Trinajstić information content (AvgIpc) is 3.21. The van der Waals surface area contributed by atoms with E-state index in [9.17, 15) is 8.42 Å². The molecule has 0 radical (unpaired) electrons. The van der Waals surface area contributed by atoms with E-state index in [1.807, 2.05) is 13.8 Å². The van der Waals surface area contributed by atoms with Gasteiger partial charge in [-0.25, -0.2) is 13.4 Å². The topological polar surface area (TPSA) is 62.3 Å². The van der Waals surface area contributed by atoms with Crippen LogP contribution in [0.3, 0.4) is 0 Å². The summed E-state index contributed by atoms with van der Waals surface area (Å²) in [7, 11) is -3.39. The minimum Gasteiger partial charge on any atom is -0.370 e. The zero-order chi connectivity index (χ0) is 13.9. The molecular formula is C13H21N3O2S. The second-order valence-corrected chi connectivity index (χ2v) is 6.75. The van der Waals surface area contributed by atoms with E-state index in [-0.39, 0.29) is 4.90 Å². The van der Waals surface area contributed by atoms with Gasteiger partial charge in [0, 0.05) is 25.8 Å². The molecule has 0 aliphatic heterocycles. The van der Waals surface area contributed by atoms with Crippen molar-refractivity contribution in [1.82, 2.24) is 9.29 Å². The Kier molecular flexibility index (Phi) is 4.42. The molecule has 5 nitrogen and oxygen atoms in total. The number of anilines is 1. The second-order valence-electron chi connectivity index (χ2n) is 4.81. The van der Waals surface area contributed by atoms with Crippen molar-refractivity contribution in [3.63, 3.8) is 0 Å². The van der Waals surface area contributed by atoms with E-state index < -0.39 is 10.0 Å². The van der Waals surface area contributed by atoms with Crippen LogP contribution in [0.25, 0.3) is 0 Å². The third kappa shape index (κ3) is 3.45. The molecule has 0 atom stereocenters. The van der Waals surface area contributed by atoms with E-state index in [2.05, 4.69) is 10.3 Å². The number of rotatable bonds is 7. The maximum absolute atomic E-state index is 12.5. The molecule has 1 heterocycles. The van der Waals surface area contributed by atoms with Crippen LogP contribution in [0.5, 0.6) is 0 Å². The normalized spacial score (nSPS) is 15.7. The van der Waals surface area contributed by atoms with Crippen LogP contribution in [0.2, 0.25) is 0 Å². The lowest BCUT2D eigenvalue weighted by Gasteiger charge is -2.20. The predicted molar refractivity (Wildman–Crippen MR) is 75.6 cm³/mol. The molecule has 1 aromatic heterocycles. The maximum Gasteiger partial charge on any atom is 0.244 e. The first kappa shape index (κ1) is 14.3. The molecule has 0 spiro atoms. The summed E-state index contributed by atoms with van der Waals surface area (Å²) in [6.07, 6.45) is 3.72. The van der Waals surface area contributed by atoms with Gasteiger partial charge in [-0.05, 0) is 37.8 Å². The highest BCUT2D eigenvalue weighted by molar-refractivity contribution is 7.89. The number of pyridine rings is 1. The fourth-order valence-electron chi connectivity index (χ4n) is 1.95. The maximum atomic E-state index is 12.5. The summed E-state index contributed by atoms with van der Waals surface area (Å²) in [5.74, 6) is 1.25. The van der Waals surface area contributed by atoms with Crippen LogP contribution in [0.15, 0.2) is 23.2 Å². The number of hydrogen-bond acceptors (Lipinski definition) is 4. The fraction of sp³-hybridized carbons (Fsp3) is 0.615. The van der Waals surface area contributed by atoms with Gasteiger partial charge in [-0.3, -0.25) is 0 Å². The van der Waals surface area contributed by atoms with Crippen molar-refractivity contribution in [2.45, 2.75) is 31.6 Å². The summed E-state index contributed by atoms with van der Waals surface area (Å²) in [4.78, 5) is 4.40. The Morgan fingerprint density at radius 2 is 2.11 bits per heavy atom. The summed E-state index contributed by atoms with van der Waals surface area (Å²) in [5.41, 5.74) is 0. The molecule has 106 valence electrons. The second kappa shape index (κ2) is 5.88. The third-order valence-corrected chi connectivity index (χ3v) is 5.17. The predicted octanol–water partition coefficient (Wildman–Crippen LogP) is 1.93. The number of nitrogens with zero attached hydrogens (tertiary/aromatic N) is 2. The van der Waals surface area contributed by atoms with Crippen molar-refractivity contribution >= 4 is 15.8 Å². The van der Waals surface area contributed by atoms with Crippen molar-refractivity contribution in [2.75, 3.05) is 25.0 Å². The van der Waals surface area contributed by atoms with Gasteiger partial charge >= 0.3 is 0 Å². The Morgan fingerprint density at radius 1 is 1.37 bits per heavy atom. The molecule has 0 unspecified atom stereocenters. The van der Waals surface area contributed by atoms with E-state index >= 15 is 0 Å². The van der Waals surface area contributed by atoms with Gasteiger partial charge in [0.1, 0.15) is 10.7 Å². The standard InChI is InChI=1S/C13H21N3O2S/c1-3-14-13-8-7-12(9-15-13)19(17,18)16(4-2)10-11-5-6-11/h7-9,11H,3-6,10H2,1-2H3,(H,14,15). The molecule has 0 amide bonds. The Hall–Kier alpha value is -1.14. The summed E-state index contributed by atoms with van der Waals surface area (Å²) < 4.78 is 26.5. The minimum absolute atomic E-state index is 0.275. The summed E-state index contributed by atoms with van der Waals surface area (Å²) in [5, 5.41) is 3.05. The Balaban J connectivity index is 2.16. The van der Waals surface area contributed by atoms with Crippen molar-refractivity contribution in [3.05, 3.63) is 18.3 Å². The van der Waals surface area contributed by atoms with Crippen molar-refractivity contribution in [3.8, 4) is 0 Å². The number of nitrogens with one attached hydrogen (secondary N) is 1. The highest BCUT2D eigenvalue weighted by Gasteiger charge is 2.30. The van der Waals surface area contributed by atoms with E-state index in [1.54, 1.807) is 16.4 Å². The van der Waals surface area contributed by atoms with Gasteiger partial charge in [-0.1, -0.05) is 6.92 Å². The van der Waals surface area contributed by atoms with Crippen LogP contribution in [0.1, 0.15) is 26.7 Å². The van der Waals surface area contributed by atoms with Gasteiger partial charge in [0.2, 0.25) is 10.0 Å². The number of hydrogen-bond donors (Lipinski definition) is 1. The summed E-state index contributed by atoms with van der Waals surface area (Å²) in [6.45, 7) is 5.75. The van der Waals surface area contributed by atoms with E-state index in [0.717, 1.165) is 19.4 Å². The molecule has 1 aliphatic rings. The van der Waals surface area contributed by atoms with Gasteiger partial charge in [-0.2, -0.15) is 4.31 Å². The van der Waals surface area contributed by atoms with Gasteiger partial charge < -0.3 is 5.32 Å². The SMILES string of the molecule is CCNc1ccc(S(=O)(=O)N(CC)CC2CC2)cn1. The lowest BCUT2D eigenvalue weighted by molar-refractivity contribution is 0.412. The van der Waals surface area contributed by atoms with Crippen molar-refractivity contribution < 1.29 is 8.42 Å². The minimum atomic E-state index is -3.39. The third-order valence-electron chi connectivity index (χ3n) is 3.24. The molecule has 6 heteroatoms. The van der Waals surface area contributed by atoms with Crippen LogP contribution < -0.4 is 5.32 Å². The lowest BCUT2D eigenvalue weighted by atomic mass is 10.4. The first-order valence-electron chi connectivity index (χ1n) is 6.78. The first-order valence-corrected chi connectivity index (χ1v) is 8.22. The first-order chi connectivity index (χ1) is 9.07. The molecule has 0 aromatic carbocycles. The molecule has 1 aliphatic carbocycles. The highest BCUT2D eigenvalue weighted by atomic mass is 32.2. The van der Waals surface area contributed by atoms with E-state index in [1.165, 1.54) is 6.20 Å². The molecular weight excluding hydrogens is 262 g/mol. The van der Waals surface area contributed by atoms with Crippen LogP contribution in [0, 0.1) is 5.92 Å². The summed E-state index contributed by atoms with van der Waals surface area (Å²) in [6, 6.07) is 3.33. The van der Waals surface area contributed by atoms with Crippen LogP contribution >= 0.6 is 0 Å². The van der Waals surface area contributed by atoms with Crippen molar-refractivity contribution in [1.29, 1.82) is 0 Å². The fourth-order valence-corrected chi connectivity index (χ4v) is 3.42. The van der Waals surface area contributed by atoms with Gasteiger partial charge in [-0.15, -0.1) is 0 Å². The molecule has 1 fully saturated rings. The van der Waals surface area contributed by atoms with Gasteiger partial charge in [0.15, 0.2) is 0 Å². The zero-order valence-corrected chi connectivity index (χ0v) is 12.3. The van der Waals surface area contributed by atoms with Crippen LogP contribution in [0.4, 0.5) is 5.82 Å². The smallest absolute Gasteiger partial charge is 0.244 e. The molecule has 0 saturated heterocycles. The molecule has 2 rings (SSSR count). The number of sulfonamides is 1. The summed E-state index contributed by atoms with van der Waals surface area (Å²) >= 11 is 0.